The Bertz CT molecular complexity index is 211. The van der Waals surface area contributed by atoms with Crippen LogP contribution in [0, 0.1) is 0 Å². The molecule has 0 aromatic heterocycles. The van der Waals surface area contributed by atoms with Crippen LogP contribution >= 0.6 is 12.4 Å². The maximum absolute atomic E-state index is 3.81. The zero-order valence-corrected chi connectivity index (χ0v) is 9.52. The topological polar surface area (TPSA) is 6.48 Å². The fourth-order valence-electron chi connectivity index (χ4n) is 1.83. The van der Waals surface area contributed by atoms with Gasteiger partial charge < -0.3 is 9.80 Å². The van der Waals surface area contributed by atoms with E-state index in [1.54, 1.807) is 0 Å². The van der Waals surface area contributed by atoms with Crippen molar-refractivity contribution >= 4 is 12.4 Å². The van der Waals surface area contributed by atoms with Gasteiger partial charge in [0.1, 0.15) is 0 Å². The van der Waals surface area contributed by atoms with Gasteiger partial charge in [0, 0.05) is 18.4 Å². The third-order valence-corrected chi connectivity index (χ3v) is 2.40. The Balaban J connectivity index is 0.00000144. The molecule has 1 heterocycles. The second kappa shape index (κ2) is 5.18. The highest BCUT2D eigenvalue weighted by atomic mass is 35.5. The number of nitrogens with zero attached hydrogens (tertiary/aromatic N) is 2. The van der Waals surface area contributed by atoms with E-state index in [2.05, 4.69) is 37.3 Å². The van der Waals surface area contributed by atoms with E-state index in [9.17, 15) is 0 Å². The summed E-state index contributed by atoms with van der Waals surface area (Å²) in [5.41, 5.74) is 2.88. The molecule has 0 amide bonds. The predicted molar refractivity (Wildman–Crippen MR) is 59.5 cm³/mol. The van der Waals surface area contributed by atoms with Crippen LogP contribution in [-0.4, -0.2) is 23.5 Å². The van der Waals surface area contributed by atoms with Crippen LogP contribution in [0.2, 0.25) is 0 Å². The van der Waals surface area contributed by atoms with Gasteiger partial charge in [-0.3, -0.25) is 0 Å². The summed E-state index contributed by atoms with van der Waals surface area (Å²) in [6, 6.07) is 0. The Morgan fingerprint density at radius 2 is 1.85 bits per heavy atom. The highest BCUT2D eigenvalue weighted by Crippen LogP contribution is 2.26. The molecule has 2 nitrogen and oxygen atoms in total. The quantitative estimate of drug-likeness (QED) is 0.695. The molecule has 13 heavy (non-hydrogen) atoms. The molecule has 0 N–H and O–H groups in total. The largest absolute Gasteiger partial charge is 0.359 e. The average molecular weight is 203 g/mol. The van der Waals surface area contributed by atoms with E-state index in [0.29, 0.717) is 0 Å². The van der Waals surface area contributed by atoms with Gasteiger partial charge in [0.2, 0.25) is 0 Å². The van der Waals surface area contributed by atoms with Crippen molar-refractivity contribution in [2.45, 2.75) is 26.7 Å². The molecule has 0 unspecified atom stereocenters. The summed E-state index contributed by atoms with van der Waals surface area (Å²) in [5.74, 6) is 0. The Labute approximate surface area is 87.3 Å². The molecule has 0 radical (unpaired) electrons. The second-order valence-electron chi connectivity index (χ2n) is 3.09. The first-order chi connectivity index (χ1) is 5.74. The first-order valence-corrected chi connectivity index (χ1v) is 4.56. The zero-order valence-electron chi connectivity index (χ0n) is 8.71. The van der Waals surface area contributed by atoms with Crippen molar-refractivity contribution in [2.75, 3.05) is 13.7 Å². The summed E-state index contributed by atoms with van der Waals surface area (Å²) >= 11 is 0. The van der Waals surface area contributed by atoms with Crippen LogP contribution in [0.15, 0.2) is 24.2 Å². The number of hydrogen-bond donors (Lipinski definition) is 0. The van der Waals surface area contributed by atoms with Crippen molar-refractivity contribution in [3.05, 3.63) is 24.2 Å². The minimum atomic E-state index is 0. The van der Waals surface area contributed by atoms with Crippen LogP contribution in [0.5, 0.6) is 0 Å². The molecule has 0 saturated heterocycles. The van der Waals surface area contributed by atoms with Crippen LogP contribution in [0.4, 0.5) is 0 Å². The second-order valence-corrected chi connectivity index (χ2v) is 3.09. The third-order valence-electron chi connectivity index (χ3n) is 2.40. The number of allylic oxidation sites excluding steroid dienone is 2. The molecule has 0 aromatic carbocycles. The molecule has 1 aliphatic heterocycles. The van der Waals surface area contributed by atoms with Crippen LogP contribution in [0.3, 0.4) is 0 Å². The Hall–Kier alpha value is -0.630. The average Bonchev–Trinajstić information content (AvgIpc) is 2.40. The Kier molecular flexibility index (Phi) is 4.92. The number of hydrogen-bond acceptors (Lipinski definition) is 2. The lowest BCUT2D eigenvalue weighted by molar-refractivity contribution is 0.335. The summed E-state index contributed by atoms with van der Waals surface area (Å²) in [5, 5.41) is 0. The van der Waals surface area contributed by atoms with Gasteiger partial charge in [0.05, 0.1) is 6.67 Å². The van der Waals surface area contributed by atoms with Gasteiger partial charge in [-0.25, -0.2) is 0 Å². The molecule has 3 heteroatoms. The third kappa shape index (κ3) is 2.19. The van der Waals surface area contributed by atoms with Crippen molar-refractivity contribution in [1.29, 1.82) is 0 Å². The van der Waals surface area contributed by atoms with Gasteiger partial charge in [-0.1, -0.05) is 20.4 Å². The van der Waals surface area contributed by atoms with Gasteiger partial charge >= 0.3 is 0 Å². The molecule has 1 aliphatic rings. The first-order valence-electron chi connectivity index (χ1n) is 4.56. The lowest BCUT2D eigenvalue weighted by atomic mass is 10.2. The minimum Gasteiger partial charge on any atom is -0.359 e. The van der Waals surface area contributed by atoms with E-state index in [-0.39, 0.29) is 12.4 Å². The fourth-order valence-corrected chi connectivity index (χ4v) is 1.83. The van der Waals surface area contributed by atoms with Crippen molar-refractivity contribution in [1.82, 2.24) is 9.80 Å². The van der Waals surface area contributed by atoms with Crippen molar-refractivity contribution in [2.24, 2.45) is 0 Å². The molecule has 0 aliphatic carbocycles. The van der Waals surface area contributed by atoms with E-state index in [0.717, 1.165) is 19.5 Å². The SMILES string of the molecule is C=CN1CN(C)C(CC)=C1CC.Cl. The van der Waals surface area contributed by atoms with Gasteiger partial charge in [-0.05, 0) is 19.0 Å². The molecular formula is C10H19ClN2. The highest BCUT2D eigenvalue weighted by molar-refractivity contribution is 5.85. The van der Waals surface area contributed by atoms with Crippen LogP contribution in [0.25, 0.3) is 0 Å². The highest BCUT2D eigenvalue weighted by Gasteiger charge is 2.21. The van der Waals surface area contributed by atoms with Crippen molar-refractivity contribution in [3.8, 4) is 0 Å². The van der Waals surface area contributed by atoms with E-state index in [1.165, 1.54) is 11.4 Å². The van der Waals surface area contributed by atoms with Crippen LogP contribution in [0.1, 0.15) is 26.7 Å². The van der Waals surface area contributed by atoms with E-state index in [4.69, 9.17) is 0 Å². The summed E-state index contributed by atoms with van der Waals surface area (Å²) < 4.78 is 0. The monoisotopic (exact) mass is 202 g/mol. The Morgan fingerprint density at radius 3 is 2.23 bits per heavy atom. The molecule has 0 bridgehead atoms. The fraction of sp³-hybridized carbons (Fsp3) is 0.600. The van der Waals surface area contributed by atoms with Crippen LogP contribution in [-0.2, 0) is 0 Å². The normalized spacial score (nSPS) is 16.2. The van der Waals surface area contributed by atoms with Gasteiger partial charge in [-0.15, -0.1) is 12.4 Å². The van der Waals surface area contributed by atoms with Crippen LogP contribution < -0.4 is 0 Å². The molecule has 0 aromatic rings. The maximum atomic E-state index is 3.81. The lowest BCUT2D eigenvalue weighted by Gasteiger charge is -2.16. The summed E-state index contributed by atoms with van der Waals surface area (Å²) in [6.45, 7) is 9.17. The lowest BCUT2D eigenvalue weighted by Crippen LogP contribution is -2.20. The summed E-state index contributed by atoms with van der Waals surface area (Å²) in [7, 11) is 2.14. The minimum absolute atomic E-state index is 0. The van der Waals surface area contributed by atoms with Gasteiger partial charge in [0.15, 0.2) is 0 Å². The standard InChI is InChI=1S/C10H18N2.ClH/c1-5-9-10(6-2)12(7-3)8-11(9)4;/h7H,3,5-6,8H2,1-2,4H3;1H. The summed E-state index contributed by atoms with van der Waals surface area (Å²) in [4.78, 5) is 4.51. The smallest absolute Gasteiger partial charge is 0.0938 e. The van der Waals surface area contributed by atoms with Crippen molar-refractivity contribution < 1.29 is 0 Å². The maximum Gasteiger partial charge on any atom is 0.0938 e. The number of halogens is 1. The zero-order chi connectivity index (χ0) is 9.14. The predicted octanol–water partition coefficient (Wildman–Crippen LogP) is 2.79. The van der Waals surface area contributed by atoms with E-state index >= 15 is 0 Å². The molecular weight excluding hydrogens is 184 g/mol. The first kappa shape index (κ1) is 12.4. The Morgan fingerprint density at radius 1 is 1.31 bits per heavy atom. The summed E-state index contributed by atoms with van der Waals surface area (Å²) in [6.07, 6.45) is 4.13. The van der Waals surface area contributed by atoms with E-state index < -0.39 is 0 Å². The van der Waals surface area contributed by atoms with Crippen molar-refractivity contribution in [3.63, 3.8) is 0 Å². The van der Waals surface area contributed by atoms with Gasteiger partial charge in [0.25, 0.3) is 0 Å². The molecule has 0 fully saturated rings. The molecule has 76 valence electrons. The molecule has 1 rings (SSSR count). The van der Waals surface area contributed by atoms with E-state index in [1.807, 2.05) is 6.20 Å². The molecule has 0 saturated carbocycles. The van der Waals surface area contributed by atoms with Gasteiger partial charge in [-0.2, -0.15) is 0 Å². The molecule has 0 atom stereocenters. The number of rotatable bonds is 3. The molecule has 0 spiro atoms.